The fourth-order valence-corrected chi connectivity index (χ4v) is 2.78. The Bertz CT molecular complexity index is 422. The summed E-state index contributed by atoms with van der Waals surface area (Å²) in [5, 5.41) is 13.6. The van der Waals surface area contributed by atoms with E-state index in [1.807, 2.05) is 0 Å². The zero-order valence-corrected chi connectivity index (χ0v) is 11.0. The number of piperazine rings is 1. The first-order valence-corrected chi connectivity index (χ1v) is 6.97. The zero-order chi connectivity index (χ0) is 12.6. The van der Waals surface area contributed by atoms with Crippen LogP contribution in [0.1, 0.15) is 36.9 Å². The lowest BCUT2D eigenvalue weighted by Crippen LogP contribution is -2.44. The molecule has 1 aliphatic heterocycles. The van der Waals surface area contributed by atoms with E-state index >= 15 is 0 Å². The van der Waals surface area contributed by atoms with E-state index in [0.29, 0.717) is 6.04 Å². The van der Waals surface area contributed by atoms with Crippen molar-refractivity contribution in [2.24, 2.45) is 0 Å². The zero-order valence-electron chi connectivity index (χ0n) is 11.0. The van der Waals surface area contributed by atoms with Gasteiger partial charge in [-0.3, -0.25) is 4.90 Å². The van der Waals surface area contributed by atoms with E-state index in [2.05, 4.69) is 41.4 Å². The lowest BCUT2D eigenvalue weighted by atomic mass is 10.00. The highest BCUT2D eigenvalue weighted by Gasteiger charge is 2.42. The number of aliphatic hydroxyl groups is 1. The van der Waals surface area contributed by atoms with Gasteiger partial charge in [-0.25, -0.2) is 0 Å². The van der Waals surface area contributed by atoms with Crippen LogP contribution in [0.25, 0.3) is 0 Å². The van der Waals surface area contributed by atoms with Crippen LogP contribution in [0.4, 0.5) is 0 Å². The highest BCUT2D eigenvalue weighted by Crippen LogP contribution is 2.45. The van der Waals surface area contributed by atoms with Crippen molar-refractivity contribution >= 4 is 0 Å². The molecule has 0 bridgehead atoms. The maximum absolute atomic E-state index is 10.2. The van der Waals surface area contributed by atoms with E-state index in [4.69, 9.17) is 0 Å². The third kappa shape index (κ3) is 2.30. The molecule has 0 radical (unpaired) electrons. The second-order valence-corrected chi connectivity index (χ2v) is 5.62. The highest BCUT2D eigenvalue weighted by molar-refractivity contribution is 5.33. The molecule has 2 aliphatic rings. The molecule has 1 heterocycles. The van der Waals surface area contributed by atoms with E-state index in [0.717, 1.165) is 44.6 Å². The summed E-state index contributed by atoms with van der Waals surface area (Å²) in [6.07, 6.45) is 1.83. The van der Waals surface area contributed by atoms with Gasteiger partial charge in [0.05, 0.1) is 5.60 Å². The number of nitrogens with one attached hydrogen (secondary N) is 1. The van der Waals surface area contributed by atoms with Crippen molar-refractivity contribution in [3.63, 3.8) is 0 Å². The van der Waals surface area contributed by atoms with Gasteiger partial charge in [0, 0.05) is 32.2 Å². The van der Waals surface area contributed by atoms with E-state index < -0.39 is 5.60 Å². The highest BCUT2D eigenvalue weighted by atomic mass is 16.3. The molecule has 0 amide bonds. The molecule has 3 rings (SSSR count). The fraction of sp³-hybridized carbons (Fsp3) is 0.600. The molecule has 1 saturated heterocycles. The average molecular weight is 246 g/mol. The van der Waals surface area contributed by atoms with Crippen molar-refractivity contribution in [2.75, 3.05) is 26.2 Å². The lowest BCUT2D eigenvalue weighted by molar-refractivity contribution is 0.150. The van der Waals surface area contributed by atoms with Crippen LogP contribution in [0.5, 0.6) is 0 Å². The Morgan fingerprint density at radius 1 is 1.28 bits per heavy atom. The van der Waals surface area contributed by atoms with E-state index in [1.165, 1.54) is 5.56 Å². The summed E-state index contributed by atoms with van der Waals surface area (Å²) in [5.41, 5.74) is 1.91. The number of benzene rings is 1. The van der Waals surface area contributed by atoms with Crippen LogP contribution < -0.4 is 5.32 Å². The van der Waals surface area contributed by atoms with E-state index in [-0.39, 0.29) is 0 Å². The molecule has 18 heavy (non-hydrogen) atoms. The summed E-state index contributed by atoms with van der Waals surface area (Å²) in [5.74, 6) is 0. The third-order valence-corrected chi connectivity index (χ3v) is 4.33. The van der Waals surface area contributed by atoms with Crippen LogP contribution in [-0.4, -0.2) is 36.2 Å². The topological polar surface area (TPSA) is 35.5 Å². The largest absolute Gasteiger partial charge is 0.385 e. The summed E-state index contributed by atoms with van der Waals surface area (Å²) in [7, 11) is 0. The van der Waals surface area contributed by atoms with Crippen molar-refractivity contribution < 1.29 is 5.11 Å². The summed E-state index contributed by atoms with van der Waals surface area (Å²) in [6, 6.07) is 8.96. The van der Waals surface area contributed by atoms with Gasteiger partial charge in [0.1, 0.15) is 0 Å². The minimum Gasteiger partial charge on any atom is -0.385 e. The second-order valence-electron chi connectivity index (χ2n) is 5.62. The Morgan fingerprint density at radius 2 is 2.00 bits per heavy atom. The van der Waals surface area contributed by atoms with Crippen LogP contribution in [-0.2, 0) is 5.60 Å². The summed E-state index contributed by atoms with van der Waals surface area (Å²) in [6.45, 7) is 6.63. The molecule has 1 saturated carbocycles. The Hall–Kier alpha value is -0.900. The van der Waals surface area contributed by atoms with E-state index in [1.54, 1.807) is 0 Å². The van der Waals surface area contributed by atoms with Crippen molar-refractivity contribution in [3.05, 3.63) is 35.4 Å². The molecule has 1 unspecified atom stereocenters. The molecule has 98 valence electrons. The number of hydrogen-bond donors (Lipinski definition) is 2. The summed E-state index contributed by atoms with van der Waals surface area (Å²) >= 11 is 0. The quantitative estimate of drug-likeness (QED) is 0.851. The van der Waals surface area contributed by atoms with Crippen LogP contribution in [0.3, 0.4) is 0 Å². The molecular weight excluding hydrogens is 224 g/mol. The number of hydrogen-bond acceptors (Lipinski definition) is 3. The van der Waals surface area contributed by atoms with Gasteiger partial charge in [-0.1, -0.05) is 24.3 Å². The normalized spacial score (nSPS) is 24.8. The molecule has 1 aromatic rings. The first-order chi connectivity index (χ1) is 8.69. The molecule has 3 nitrogen and oxygen atoms in total. The van der Waals surface area contributed by atoms with Crippen LogP contribution >= 0.6 is 0 Å². The molecule has 1 aromatic carbocycles. The van der Waals surface area contributed by atoms with Gasteiger partial charge < -0.3 is 10.4 Å². The maximum atomic E-state index is 10.2. The summed E-state index contributed by atoms with van der Waals surface area (Å²) in [4.78, 5) is 2.51. The van der Waals surface area contributed by atoms with Crippen molar-refractivity contribution in [1.29, 1.82) is 0 Å². The van der Waals surface area contributed by atoms with Crippen LogP contribution in [0.2, 0.25) is 0 Å². The van der Waals surface area contributed by atoms with Crippen molar-refractivity contribution in [1.82, 2.24) is 10.2 Å². The molecule has 2 N–H and O–H groups in total. The third-order valence-electron chi connectivity index (χ3n) is 4.33. The Kier molecular flexibility index (Phi) is 3.14. The predicted octanol–water partition coefficient (Wildman–Crippen LogP) is 1.63. The standard InChI is InChI=1S/C15H22N2O/c1-12(17-9-7-16-8-10-17)13-3-2-4-14(11-13)15(18)5-6-15/h2-4,11-12,16,18H,5-10H2,1H3. The Morgan fingerprint density at radius 3 is 2.67 bits per heavy atom. The molecule has 2 fully saturated rings. The number of rotatable bonds is 3. The Labute approximate surface area is 109 Å². The molecule has 0 aromatic heterocycles. The SMILES string of the molecule is CC(c1cccc(C2(O)CC2)c1)N1CCNCC1. The van der Waals surface area contributed by atoms with Crippen LogP contribution in [0.15, 0.2) is 24.3 Å². The first-order valence-electron chi connectivity index (χ1n) is 6.97. The van der Waals surface area contributed by atoms with Crippen molar-refractivity contribution in [3.8, 4) is 0 Å². The van der Waals surface area contributed by atoms with E-state index in [9.17, 15) is 5.11 Å². The fourth-order valence-electron chi connectivity index (χ4n) is 2.78. The van der Waals surface area contributed by atoms with Crippen molar-refractivity contribution in [2.45, 2.75) is 31.4 Å². The molecule has 1 aliphatic carbocycles. The lowest BCUT2D eigenvalue weighted by Gasteiger charge is -2.33. The summed E-state index contributed by atoms with van der Waals surface area (Å²) < 4.78 is 0. The molecule has 3 heteroatoms. The smallest absolute Gasteiger partial charge is 0.0899 e. The maximum Gasteiger partial charge on any atom is 0.0899 e. The van der Waals surface area contributed by atoms with Crippen LogP contribution in [0, 0.1) is 0 Å². The Balaban J connectivity index is 1.78. The van der Waals surface area contributed by atoms with Gasteiger partial charge in [-0.05, 0) is 30.9 Å². The first kappa shape index (κ1) is 12.2. The van der Waals surface area contributed by atoms with Gasteiger partial charge >= 0.3 is 0 Å². The average Bonchev–Trinajstić information content (AvgIpc) is 3.18. The minimum atomic E-state index is -0.515. The van der Waals surface area contributed by atoms with Gasteiger partial charge in [0.25, 0.3) is 0 Å². The second kappa shape index (κ2) is 4.65. The van der Waals surface area contributed by atoms with Gasteiger partial charge in [-0.2, -0.15) is 0 Å². The predicted molar refractivity (Wildman–Crippen MR) is 72.4 cm³/mol. The minimum absolute atomic E-state index is 0.439. The van der Waals surface area contributed by atoms with Gasteiger partial charge in [0.15, 0.2) is 0 Å². The monoisotopic (exact) mass is 246 g/mol. The molecule has 0 spiro atoms. The van der Waals surface area contributed by atoms with Gasteiger partial charge in [0.2, 0.25) is 0 Å². The van der Waals surface area contributed by atoms with Gasteiger partial charge in [-0.15, -0.1) is 0 Å². The number of nitrogens with zero attached hydrogens (tertiary/aromatic N) is 1. The molecule has 1 atom stereocenters. The molecular formula is C15H22N2O.